The smallest absolute Gasteiger partial charge is 0.143 e. The summed E-state index contributed by atoms with van der Waals surface area (Å²) in [4.78, 5) is 2.36. The zero-order valence-corrected chi connectivity index (χ0v) is 34.5. The van der Waals surface area contributed by atoms with Crippen molar-refractivity contribution in [2.45, 2.75) is 0 Å². The molecule has 4 heteroatoms. The van der Waals surface area contributed by atoms with E-state index in [4.69, 9.17) is 13.3 Å². The Morgan fingerprint density at radius 3 is 1.12 bits per heavy atom. The number of furan rings is 3. The first kappa shape index (κ1) is 36.1. The molecule has 3 heterocycles. The van der Waals surface area contributed by atoms with Crippen molar-refractivity contribution in [2.75, 3.05) is 4.90 Å². The third-order valence-corrected chi connectivity index (χ3v) is 12.7. The van der Waals surface area contributed by atoms with Crippen molar-refractivity contribution < 1.29 is 13.3 Å². The standard InChI is InChI=1S/C60H37NO3/c1-2-13-38(14-3-1)41-31-36-54(53(37-41)52-23-12-22-51-48-17-6-9-26-57(48)64-60(51)52)61(42-32-27-39(28-33-42)44-18-10-20-49-46-15-4-7-24-55(46)62-58(44)49)43-34-29-40(30-35-43)45-19-11-21-50-47-16-5-8-25-56(47)63-59(45)50/h1-37H. The topological polar surface area (TPSA) is 42.7 Å². The molecule has 0 aliphatic carbocycles. The van der Waals surface area contributed by atoms with Gasteiger partial charge in [-0.1, -0.05) is 170 Å². The first-order chi connectivity index (χ1) is 31.7. The van der Waals surface area contributed by atoms with Gasteiger partial charge in [-0.3, -0.25) is 0 Å². The van der Waals surface area contributed by atoms with E-state index in [2.05, 4.69) is 193 Å². The average molecular weight is 820 g/mol. The second-order valence-corrected chi connectivity index (χ2v) is 16.4. The molecule has 0 bridgehead atoms. The lowest BCUT2D eigenvalue weighted by atomic mass is 9.94. The lowest BCUT2D eigenvalue weighted by Crippen LogP contribution is -2.11. The predicted octanol–water partition coefficient (Wildman–Crippen LogP) is 17.5. The molecule has 10 aromatic carbocycles. The molecule has 300 valence electrons. The molecule has 3 aromatic heterocycles. The summed E-state index contributed by atoms with van der Waals surface area (Å²) in [6.45, 7) is 0. The van der Waals surface area contributed by atoms with Gasteiger partial charge in [0.05, 0.1) is 5.69 Å². The van der Waals surface area contributed by atoms with Gasteiger partial charge in [0.25, 0.3) is 0 Å². The zero-order valence-electron chi connectivity index (χ0n) is 34.5. The highest BCUT2D eigenvalue weighted by Gasteiger charge is 2.23. The minimum Gasteiger partial charge on any atom is -0.455 e. The minimum atomic E-state index is 0.860. The molecular formula is C60H37NO3. The minimum absolute atomic E-state index is 0.860. The lowest BCUT2D eigenvalue weighted by Gasteiger charge is -2.29. The lowest BCUT2D eigenvalue weighted by molar-refractivity contribution is 0.669. The van der Waals surface area contributed by atoms with Crippen molar-refractivity contribution in [3.63, 3.8) is 0 Å². The molecule has 13 rings (SSSR count). The van der Waals surface area contributed by atoms with Crippen molar-refractivity contribution in [3.05, 3.63) is 224 Å². The van der Waals surface area contributed by atoms with Crippen molar-refractivity contribution in [3.8, 4) is 44.5 Å². The van der Waals surface area contributed by atoms with Crippen LogP contribution in [-0.2, 0) is 0 Å². The Labute approximate surface area is 368 Å². The van der Waals surface area contributed by atoms with Crippen LogP contribution in [0.5, 0.6) is 0 Å². The monoisotopic (exact) mass is 819 g/mol. The van der Waals surface area contributed by atoms with Crippen molar-refractivity contribution in [2.24, 2.45) is 0 Å². The molecule has 64 heavy (non-hydrogen) atoms. The molecule has 0 spiro atoms. The van der Waals surface area contributed by atoms with E-state index in [-0.39, 0.29) is 0 Å². The molecule has 13 aromatic rings. The number of benzene rings is 10. The van der Waals surface area contributed by atoms with Crippen molar-refractivity contribution >= 4 is 82.9 Å². The molecule has 0 saturated carbocycles. The Kier molecular flexibility index (Phi) is 8.18. The van der Waals surface area contributed by atoms with Gasteiger partial charge >= 0.3 is 0 Å². The normalized spacial score (nSPS) is 11.8. The highest BCUT2D eigenvalue weighted by molar-refractivity contribution is 6.13. The van der Waals surface area contributed by atoms with E-state index in [9.17, 15) is 0 Å². The van der Waals surface area contributed by atoms with E-state index < -0.39 is 0 Å². The number of anilines is 3. The van der Waals surface area contributed by atoms with Crippen LogP contribution in [0.4, 0.5) is 17.1 Å². The van der Waals surface area contributed by atoms with Gasteiger partial charge in [0.1, 0.15) is 33.5 Å². The average Bonchev–Trinajstić information content (AvgIpc) is 4.07. The van der Waals surface area contributed by atoms with Gasteiger partial charge in [-0.25, -0.2) is 0 Å². The van der Waals surface area contributed by atoms with Crippen LogP contribution in [0.25, 0.3) is 110 Å². The van der Waals surface area contributed by atoms with Gasteiger partial charge in [0.2, 0.25) is 0 Å². The Balaban J connectivity index is 1.01. The second-order valence-electron chi connectivity index (χ2n) is 16.4. The third-order valence-electron chi connectivity index (χ3n) is 12.7. The molecule has 0 fully saturated rings. The number of fused-ring (bicyclic) bond motifs is 9. The summed E-state index contributed by atoms with van der Waals surface area (Å²) in [7, 11) is 0. The molecule has 0 atom stereocenters. The number of para-hydroxylation sites is 6. The van der Waals surface area contributed by atoms with Crippen LogP contribution >= 0.6 is 0 Å². The SMILES string of the molecule is c1ccc(-c2ccc(N(c3ccc(-c4cccc5c4oc4ccccc45)cc3)c3ccc(-c4cccc5c4oc4ccccc45)cc3)c(-c3cccc4c3oc3ccccc34)c2)cc1. The van der Waals surface area contributed by atoms with Crippen LogP contribution in [0, 0.1) is 0 Å². The quantitative estimate of drug-likeness (QED) is 0.161. The molecule has 4 nitrogen and oxygen atoms in total. The number of hydrogen-bond donors (Lipinski definition) is 0. The second kappa shape index (κ2) is 14.5. The fraction of sp³-hybridized carbons (Fsp3) is 0. The summed E-state index contributed by atoms with van der Waals surface area (Å²) in [5, 5.41) is 6.65. The maximum atomic E-state index is 6.74. The predicted molar refractivity (Wildman–Crippen MR) is 265 cm³/mol. The first-order valence-corrected chi connectivity index (χ1v) is 21.7. The van der Waals surface area contributed by atoms with E-state index in [1.165, 1.54) is 0 Å². The van der Waals surface area contributed by atoms with E-state index in [0.29, 0.717) is 0 Å². The summed E-state index contributed by atoms with van der Waals surface area (Å²) >= 11 is 0. The zero-order chi connectivity index (χ0) is 42.1. The van der Waals surface area contributed by atoms with E-state index >= 15 is 0 Å². The molecule has 0 amide bonds. The summed E-state index contributed by atoms with van der Waals surface area (Å²) in [6, 6.07) is 79.2. The molecule has 0 radical (unpaired) electrons. The van der Waals surface area contributed by atoms with Crippen LogP contribution in [0.3, 0.4) is 0 Å². The van der Waals surface area contributed by atoms with Gasteiger partial charge in [0.15, 0.2) is 0 Å². The van der Waals surface area contributed by atoms with Gasteiger partial charge in [-0.05, 0) is 76.9 Å². The fourth-order valence-corrected chi connectivity index (χ4v) is 9.67. The Morgan fingerprint density at radius 1 is 0.250 bits per heavy atom. The van der Waals surface area contributed by atoms with Gasteiger partial charge in [-0.15, -0.1) is 0 Å². The molecular weight excluding hydrogens is 783 g/mol. The van der Waals surface area contributed by atoms with Crippen molar-refractivity contribution in [1.82, 2.24) is 0 Å². The summed E-state index contributed by atoms with van der Waals surface area (Å²) < 4.78 is 19.7. The molecule has 0 aliphatic heterocycles. The molecule has 0 aliphatic rings. The Morgan fingerprint density at radius 2 is 0.641 bits per heavy atom. The third kappa shape index (κ3) is 5.77. The Bertz CT molecular complexity index is 3730. The van der Waals surface area contributed by atoms with Crippen LogP contribution < -0.4 is 4.90 Å². The van der Waals surface area contributed by atoms with Crippen LogP contribution in [0.15, 0.2) is 238 Å². The maximum absolute atomic E-state index is 6.74. The molecule has 0 unspecified atom stereocenters. The van der Waals surface area contributed by atoms with Crippen LogP contribution in [-0.4, -0.2) is 0 Å². The van der Waals surface area contributed by atoms with Gasteiger partial charge in [0, 0.05) is 65.9 Å². The highest BCUT2D eigenvalue weighted by Crippen LogP contribution is 2.47. The molecule has 0 N–H and O–H groups in total. The number of rotatable bonds is 7. The van der Waals surface area contributed by atoms with E-state index in [0.717, 1.165) is 127 Å². The van der Waals surface area contributed by atoms with Crippen LogP contribution in [0.1, 0.15) is 0 Å². The summed E-state index contributed by atoms with van der Waals surface area (Å²) in [5.41, 5.74) is 16.9. The largest absolute Gasteiger partial charge is 0.455 e. The number of nitrogens with zero attached hydrogens (tertiary/aromatic N) is 1. The Hall–Kier alpha value is -8.60. The number of hydrogen-bond acceptors (Lipinski definition) is 4. The molecule has 0 saturated heterocycles. The summed E-state index contributed by atoms with van der Waals surface area (Å²) in [5.74, 6) is 0. The van der Waals surface area contributed by atoms with Crippen LogP contribution in [0.2, 0.25) is 0 Å². The first-order valence-electron chi connectivity index (χ1n) is 21.7. The van der Waals surface area contributed by atoms with E-state index in [1.807, 2.05) is 36.4 Å². The summed E-state index contributed by atoms with van der Waals surface area (Å²) in [6.07, 6.45) is 0. The maximum Gasteiger partial charge on any atom is 0.143 e. The van der Waals surface area contributed by atoms with Gasteiger partial charge < -0.3 is 18.2 Å². The van der Waals surface area contributed by atoms with Crippen molar-refractivity contribution in [1.29, 1.82) is 0 Å². The fourth-order valence-electron chi connectivity index (χ4n) is 9.67. The van der Waals surface area contributed by atoms with Gasteiger partial charge in [-0.2, -0.15) is 0 Å². The highest BCUT2D eigenvalue weighted by atomic mass is 16.3. The van der Waals surface area contributed by atoms with E-state index in [1.54, 1.807) is 0 Å².